The zero-order valence-electron chi connectivity index (χ0n) is 10.2. The molecule has 2 heterocycles. The van der Waals surface area contributed by atoms with Crippen molar-refractivity contribution in [2.24, 2.45) is 7.05 Å². The van der Waals surface area contributed by atoms with E-state index in [1.54, 1.807) is 24.6 Å². The number of aromatic nitrogens is 4. The maximum Gasteiger partial charge on any atom is 0.273 e. The molecule has 7 heteroatoms. The molecule has 0 unspecified atom stereocenters. The van der Waals surface area contributed by atoms with Gasteiger partial charge in [-0.1, -0.05) is 17.3 Å². The zero-order chi connectivity index (χ0) is 13.2. The second kappa shape index (κ2) is 4.77. The Kier molecular flexibility index (Phi) is 2.96. The molecule has 0 bridgehead atoms. The SMILES string of the molecule is Cn1cc(C(=O)NCc2nc3ccccc3s2)nn1. The number of nitrogens with zero attached hydrogens (tertiary/aromatic N) is 4. The molecule has 0 radical (unpaired) electrons. The Bertz CT molecular complexity index is 699. The third kappa shape index (κ3) is 2.45. The summed E-state index contributed by atoms with van der Waals surface area (Å²) in [5.41, 5.74) is 1.26. The molecule has 1 amide bonds. The molecule has 0 spiro atoms. The molecule has 96 valence electrons. The number of carbonyl (C=O) groups is 1. The van der Waals surface area contributed by atoms with E-state index in [-0.39, 0.29) is 5.91 Å². The van der Waals surface area contributed by atoms with Crippen molar-refractivity contribution in [3.05, 3.63) is 41.2 Å². The molecule has 3 aromatic rings. The number of benzene rings is 1. The predicted molar refractivity (Wildman–Crippen MR) is 71.8 cm³/mol. The van der Waals surface area contributed by atoms with Gasteiger partial charge in [-0.25, -0.2) is 4.98 Å². The third-order valence-corrected chi connectivity index (χ3v) is 3.61. The first-order valence-corrected chi connectivity index (χ1v) is 6.53. The number of carbonyl (C=O) groups excluding carboxylic acids is 1. The van der Waals surface area contributed by atoms with Crippen molar-refractivity contribution in [3.63, 3.8) is 0 Å². The number of amides is 1. The van der Waals surface area contributed by atoms with Gasteiger partial charge in [0.25, 0.3) is 5.91 Å². The summed E-state index contributed by atoms with van der Waals surface area (Å²) >= 11 is 1.57. The molecule has 3 rings (SSSR count). The molecule has 0 atom stereocenters. The lowest BCUT2D eigenvalue weighted by Crippen LogP contribution is -2.23. The summed E-state index contributed by atoms with van der Waals surface area (Å²) in [4.78, 5) is 16.2. The van der Waals surface area contributed by atoms with E-state index in [1.165, 1.54) is 4.68 Å². The first-order chi connectivity index (χ1) is 9.22. The van der Waals surface area contributed by atoms with E-state index in [4.69, 9.17) is 0 Å². The van der Waals surface area contributed by atoms with E-state index >= 15 is 0 Å². The molecule has 0 aliphatic heterocycles. The molecule has 1 N–H and O–H groups in total. The number of thiazole rings is 1. The second-order valence-corrected chi connectivity index (χ2v) is 5.15. The summed E-state index contributed by atoms with van der Waals surface area (Å²) in [6.07, 6.45) is 1.58. The second-order valence-electron chi connectivity index (χ2n) is 4.04. The molecule has 0 saturated carbocycles. The van der Waals surface area contributed by atoms with Crippen LogP contribution in [0.2, 0.25) is 0 Å². The average Bonchev–Trinajstić information content (AvgIpc) is 3.01. The molecule has 1 aromatic carbocycles. The van der Waals surface area contributed by atoms with Crippen LogP contribution in [0.3, 0.4) is 0 Å². The maximum atomic E-state index is 11.8. The van der Waals surface area contributed by atoms with Crippen molar-refractivity contribution in [2.45, 2.75) is 6.54 Å². The van der Waals surface area contributed by atoms with E-state index in [0.717, 1.165) is 15.2 Å². The van der Waals surface area contributed by atoms with E-state index in [9.17, 15) is 4.79 Å². The molecule has 0 aliphatic carbocycles. The number of para-hydroxylation sites is 1. The third-order valence-electron chi connectivity index (χ3n) is 2.57. The van der Waals surface area contributed by atoms with E-state index in [0.29, 0.717) is 12.2 Å². The van der Waals surface area contributed by atoms with Crippen LogP contribution in [-0.2, 0) is 13.6 Å². The molecule has 2 aromatic heterocycles. The molecule has 0 fully saturated rings. The standard InChI is InChI=1S/C12H11N5OS/c1-17-7-9(15-16-17)12(18)13-6-11-14-8-4-2-3-5-10(8)19-11/h2-5,7H,6H2,1H3,(H,13,18). The number of hydrogen-bond donors (Lipinski definition) is 1. The topological polar surface area (TPSA) is 72.7 Å². The average molecular weight is 273 g/mol. The van der Waals surface area contributed by atoms with Crippen molar-refractivity contribution in [1.29, 1.82) is 0 Å². The largest absolute Gasteiger partial charge is 0.344 e. The lowest BCUT2D eigenvalue weighted by atomic mass is 10.3. The number of hydrogen-bond acceptors (Lipinski definition) is 5. The highest BCUT2D eigenvalue weighted by Crippen LogP contribution is 2.21. The number of nitrogens with one attached hydrogen (secondary N) is 1. The summed E-state index contributed by atoms with van der Waals surface area (Å²) < 4.78 is 2.61. The van der Waals surface area contributed by atoms with Gasteiger partial charge in [0.1, 0.15) is 5.01 Å². The summed E-state index contributed by atoms with van der Waals surface area (Å²) in [6, 6.07) is 7.90. The van der Waals surface area contributed by atoms with Gasteiger partial charge in [-0.15, -0.1) is 16.4 Å². The summed E-state index contributed by atoms with van der Waals surface area (Å²) in [6.45, 7) is 0.398. The van der Waals surface area contributed by atoms with Crippen LogP contribution in [-0.4, -0.2) is 25.9 Å². The fourth-order valence-electron chi connectivity index (χ4n) is 1.69. The molecular weight excluding hydrogens is 262 g/mol. The zero-order valence-corrected chi connectivity index (χ0v) is 11.0. The van der Waals surface area contributed by atoms with Gasteiger partial charge in [-0.2, -0.15) is 0 Å². The fraction of sp³-hybridized carbons (Fsp3) is 0.167. The van der Waals surface area contributed by atoms with Crippen LogP contribution in [0, 0.1) is 0 Å². The van der Waals surface area contributed by atoms with Crippen LogP contribution >= 0.6 is 11.3 Å². The molecule has 19 heavy (non-hydrogen) atoms. The van der Waals surface area contributed by atoms with Crippen LogP contribution in [0.25, 0.3) is 10.2 Å². The summed E-state index contributed by atoms with van der Waals surface area (Å²) in [5, 5.41) is 11.1. The highest BCUT2D eigenvalue weighted by atomic mass is 32.1. The molecular formula is C12H11N5OS. The van der Waals surface area contributed by atoms with Gasteiger partial charge in [-0.05, 0) is 12.1 Å². The van der Waals surface area contributed by atoms with Gasteiger partial charge in [0.15, 0.2) is 5.69 Å². The Morgan fingerprint density at radius 3 is 3.00 bits per heavy atom. The highest BCUT2D eigenvalue weighted by molar-refractivity contribution is 7.18. The number of rotatable bonds is 3. The Morgan fingerprint density at radius 2 is 2.26 bits per heavy atom. The molecule has 0 aliphatic rings. The monoisotopic (exact) mass is 273 g/mol. The fourth-order valence-corrected chi connectivity index (χ4v) is 2.60. The van der Waals surface area contributed by atoms with Crippen LogP contribution in [0.5, 0.6) is 0 Å². The van der Waals surface area contributed by atoms with Crippen molar-refractivity contribution in [2.75, 3.05) is 0 Å². The van der Waals surface area contributed by atoms with Crippen molar-refractivity contribution in [3.8, 4) is 0 Å². The summed E-state index contributed by atoms with van der Waals surface area (Å²) in [5.74, 6) is -0.243. The first-order valence-electron chi connectivity index (χ1n) is 5.71. The van der Waals surface area contributed by atoms with Gasteiger partial charge in [0, 0.05) is 7.05 Å². The van der Waals surface area contributed by atoms with Crippen LogP contribution in [0.4, 0.5) is 0 Å². The van der Waals surface area contributed by atoms with Gasteiger partial charge < -0.3 is 5.32 Å². The van der Waals surface area contributed by atoms with Gasteiger partial charge in [-0.3, -0.25) is 9.48 Å². The van der Waals surface area contributed by atoms with Crippen LogP contribution in [0.15, 0.2) is 30.5 Å². The van der Waals surface area contributed by atoms with Gasteiger partial charge >= 0.3 is 0 Å². The van der Waals surface area contributed by atoms with Crippen molar-refractivity contribution in [1.82, 2.24) is 25.3 Å². The van der Waals surface area contributed by atoms with Crippen LogP contribution < -0.4 is 5.32 Å². The Labute approximate surface area is 113 Å². The summed E-state index contributed by atoms with van der Waals surface area (Å²) in [7, 11) is 1.72. The predicted octanol–water partition coefficient (Wildman–Crippen LogP) is 1.35. The molecule has 0 saturated heterocycles. The quantitative estimate of drug-likeness (QED) is 0.782. The van der Waals surface area contributed by atoms with E-state index in [2.05, 4.69) is 20.6 Å². The lowest BCUT2D eigenvalue weighted by Gasteiger charge is -1.98. The number of aryl methyl sites for hydroxylation is 1. The molecule has 6 nitrogen and oxygen atoms in total. The Balaban J connectivity index is 1.70. The smallest absolute Gasteiger partial charge is 0.273 e. The van der Waals surface area contributed by atoms with Crippen LogP contribution in [0.1, 0.15) is 15.5 Å². The number of fused-ring (bicyclic) bond motifs is 1. The van der Waals surface area contributed by atoms with E-state index < -0.39 is 0 Å². The Hall–Kier alpha value is -2.28. The first kappa shape index (κ1) is 11.8. The van der Waals surface area contributed by atoms with Crippen molar-refractivity contribution < 1.29 is 4.79 Å². The van der Waals surface area contributed by atoms with E-state index in [1.807, 2.05) is 24.3 Å². The van der Waals surface area contributed by atoms with Gasteiger partial charge in [0.05, 0.1) is 23.0 Å². The normalized spacial score (nSPS) is 10.8. The maximum absolute atomic E-state index is 11.8. The minimum atomic E-state index is -0.243. The highest BCUT2D eigenvalue weighted by Gasteiger charge is 2.10. The van der Waals surface area contributed by atoms with Gasteiger partial charge in [0.2, 0.25) is 0 Å². The lowest BCUT2D eigenvalue weighted by molar-refractivity contribution is 0.0946. The van der Waals surface area contributed by atoms with Crippen molar-refractivity contribution >= 4 is 27.5 Å². The minimum absolute atomic E-state index is 0.243. The Morgan fingerprint density at radius 1 is 1.42 bits per heavy atom. The minimum Gasteiger partial charge on any atom is -0.344 e.